The number of pyridine rings is 1. The number of benzene rings is 3. The number of hydrogen-bond donors (Lipinski definition) is 2. The number of carbonyl (C=O) groups is 2. The number of ether oxygens (including phenoxy) is 1. The molecule has 2 amide bonds. The van der Waals surface area contributed by atoms with Gasteiger partial charge >= 0.3 is 12.0 Å². The molecule has 0 saturated carbocycles. The number of nitrogens with one attached hydrogen (secondary N) is 1. The third kappa shape index (κ3) is 6.75. The van der Waals surface area contributed by atoms with Gasteiger partial charge < -0.3 is 14.7 Å². The minimum absolute atomic E-state index is 0.0314. The van der Waals surface area contributed by atoms with Crippen LogP contribution < -0.4 is 5.32 Å². The fraction of sp³-hybridized carbons (Fsp3) is 0.229. The molecule has 3 aromatic carbocycles. The van der Waals surface area contributed by atoms with Crippen LogP contribution in [0.25, 0.3) is 0 Å². The first kappa shape index (κ1) is 29.9. The number of rotatable bonds is 9. The molecule has 8 heteroatoms. The SMILES string of the molecule is CC(C)c1ccccc1SC1=C(O)CC(CC(c2ccccc2)N(C)C(=O)Nc2ccccn2)(c2ccccc2)OC1=O. The van der Waals surface area contributed by atoms with Gasteiger partial charge in [0.15, 0.2) is 0 Å². The normalized spacial score (nSPS) is 17.3. The summed E-state index contributed by atoms with van der Waals surface area (Å²) in [6, 6.07) is 31.3. The highest BCUT2D eigenvalue weighted by Gasteiger charge is 2.46. The van der Waals surface area contributed by atoms with Gasteiger partial charge in [-0.3, -0.25) is 5.32 Å². The number of anilines is 1. The van der Waals surface area contributed by atoms with E-state index in [-0.39, 0.29) is 35.5 Å². The van der Waals surface area contributed by atoms with E-state index in [0.717, 1.165) is 21.6 Å². The largest absolute Gasteiger partial charge is 0.511 e. The second kappa shape index (κ2) is 13.2. The van der Waals surface area contributed by atoms with Gasteiger partial charge in [-0.25, -0.2) is 14.6 Å². The average molecular weight is 594 g/mol. The Bertz CT molecular complexity index is 1600. The zero-order valence-corrected chi connectivity index (χ0v) is 25.3. The molecule has 0 bridgehead atoms. The van der Waals surface area contributed by atoms with Gasteiger partial charge in [-0.1, -0.05) is 111 Å². The van der Waals surface area contributed by atoms with Gasteiger partial charge in [-0.2, -0.15) is 0 Å². The van der Waals surface area contributed by atoms with Crippen LogP contribution in [0.15, 0.2) is 125 Å². The van der Waals surface area contributed by atoms with Gasteiger partial charge in [0.2, 0.25) is 0 Å². The molecule has 1 aliphatic rings. The highest BCUT2D eigenvalue weighted by atomic mass is 32.2. The first-order chi connectivity index (χ1) is 20.8. The van der Waals surface area contributed by atoms with Gasteiger partial charge in [0.25, 0.3) is 0 Å². The lowest BCUT2D eigenvalue weighted by Crippen LogP contribution is -2.43. The highest BCUT2D eigenvalue weighted by Crippen LogP contribution is 2.48. The molecule has 7 nitrogen and oxygen atoms in total. The summed E-state index contributed by atoms with van der Waals surface area (Å²) in [5.41, 5.74) is 1.46. The maximum absolute atomic E-state index is 13.8. The molecule has 5 rings (SSSR count). The summed E-state index contributed by atoms with van der Waals surface area (Å²) >= 11 is 1.23. The van der Waals surface area contributed by atoms with Crippen LogP contribution in [0.4, 0.5) is 10.6 Å². The van der Waals surface area contributed by atoms with Crippen LogP contribution in [-0.4, -0.2) is 34.0 Å². The van der Waals surface area contributed by atoms with E-state index in [0.29, 0.717) is 5.82 Å². The molecule has 0 aliphatic carbocycles. The highest BCUT2D eigenvalue weighted by molar-refractivity contribution is 8.04. The number of aromatic nitrogens is 1. The topological polar surface area (TPSA) is 91.8 Å². The minimum Gasteiger partial charge on any atom is -0.511 e. The van der Waals surface area contributed by atoms with Crippen molar-refractivity contribution < 1.29 is 19.4 Å². The summed E-state index contributed by atoms with van der Waals surface area (Å²) in [6.45, 7) is 4.19. The lowest BCUT2D eigenvalue weighted by Gasteiger charge is -2.41. The average Bonchev–Trinajstić information content (AvgIpc) is 3.03. The van der Waals surface area contributed by atoms with Crippen LogP contribution in [0, 0.1) is 0 Å². The number of urea groups is 1. The summed E-state index contributed by atoms with van der Waals surface area (Å²) in [5, 5.41) is 14.4. The fourth-order valence-corrected chi connectivity index (χ4v) is 6.47. The molecule has 43 heavy (non-hydrogen) atoms. The van der Waals surface area contributed by atoms with Crippen molar-refractivity contribution in [3.05, 3.63) is 137 Å². The van der Waals surface area contributed by atoms with Crippen molar-refractivity contribution in [2.24, 2.45) is 0 Å². The maximum Gasteiger partial charge on any atom is 0.349 e. The van der Waals surface area contributed by atoms with Crippen LogP contribution in [0.5, 0.6) is 0 Å². The summed E-state index contributed by atoms with van der Waals surface area (Å²) < 4.78 is 6.37. The van der Waals surface area contributed by atoms with Crippen molar-refractivity contribution in [1.82, 2.24) is 9.88 Å². The van der Waals surface area contributed by atoms with Crippen molar-refractivity contribution in [3.8, 4) is 0 Å². The van der Waals surface area contributed by atoms with Crippen molar-refractivity contribution >= 4 is 29.6 Å². The van der Waals surface area contributed by atoms with E-state index in [4.69, 9.17) is 4.74 Å². The zero-order valence-electron chi connectivity index (χ0n) is 24.4. The van der Waals surface area contributed by atoms with Crippen LogP contribution in [-0.2, 0) is 15.1 Å². The molecule has 2 unspecified atom stereocenters. The number of cyclic esters (lactones) is 1. The molecule has 0 radical (unpaired) electrons. The predicted octanol–water partition coefficient (Wildman–Crippen LogP) is 8.20. The van der Waals surface area contributed by atoms with Crippen LogP contribution in [0.2, 0.25) is 0 Å². The summed E-state index contributed by atoms with van der Waals surface area (Å²) in [7, 11) is 1.71. The fourth-order valence-electron chi connectivity index (χ4n) is 5.37. The molecule has 1 aromatic heterocycles. The Morgan fingerprint density at radius 2 is 1.63 bits per heavy atom. The first-order valence-electron chi connectivity index (χ1n) is 14.2. The number of nitrogens with zero attached hydrogens (tertiary/aromatic N) is 2. The summed E-state index contributed by atoms with van der Waals surface area (Å²) in [6.07, 6.45) is 1.89. The van der Waals surface area contributed by atoms with E-state index in [2.05, 4.69) is 24.1 Å². The van der Waals surface area contributed by atoms with E-state index in [1.54, 1.807) is 36.3 Å². The van der Waals surface area contributed by atoms with Gasteiger partial charge in [0, 0.05) is 24.6 Å². The molecule has 2 heterocycles. The van der Waals surface area contributed by atoms with Crippen LogP contribution >= 0.6 is 11.8 Å². The summed E-state index contributed by atoms with van der Waals surface area (Å²) in [4.78, 5) is 34.2. The Labute approximate surface area is 256 Å². The Kier molecular flexibility index (Phi) is 9.16. The Hall–Kier alpha value is -4.56. The number of amides is 2. The molecule has 1 aliphatic heterocycles. The second-order valence-electron chi connectivity index (χ2n) is 10.9. The van der Waals surface area contributed by atoms with E-state index in [9.17, 15) is 14.7 Å². The monoisotopic (exact) mass is 593 g/mol. The van der Waals surface area contributed by atoms with Gasteiger partial charge in [0.1, 0.15) is 22.1 Å². The van der Waals surface area contributed by atoms with Crippen LogP contribution in [0.1, 0.15) is 55.3 Å². The lowest BCUT2D eigenvalue weighted by molar-refractivity contribution is -0.161. The molecular weight excluding hydrogens is 558 g/mol. The van der Waals surface area contributed by atoms with E-state index < -0.39 is 17.6 Å². The molecule has 4 aromatic rings. The number of carbonyl (C=O) groups excluding carboxylic acids is 2. The molecular formula is C35H35N3O4S. The van der Waals surface area contributed by atoms with Gasteiger partial charge in [-0.05, 0) is 40.8 Å². The zero-order chi connectivity index (χ0) is 30.4. The van der Waals surface area contributed by atoms with Crippen molar-refractivity contribution in [2.75, 3.05) is 12.4 Å². The standard InChI is InChI=1S/C35H35N3O4S/c1-24(2)27-18-10-11-19-30(27)43-32-29(39)23-35(42-33(32)40,26-16-8-5-9-17-26)22-28(25-14-6-4-7-15-25)38(3)34(41)37-31-20-12-13-21-36-31/h4-21,24,28,39H,22-23H2,1-3H3,(H,36,37,41). The third-order valence-electron chi connectivity index (χ3n) is 7.64. The number of hydrogen-bond acceptors (Lipinski definition) is 6. The van der Waals surface area contributed by atoms with Gasteiger partial charge in [-0.15, -0.1) is 0 Å². The van der Waals surface area contributed by atoms with Crippen molar-refractivity contribution in [2.45, 2.75) is 49.1 Å². The number of aliphatic hydroxyl groups is 1. The smallest absolute Gasteiger partial charge is 0.349 e. The van der Waals surface area contributed by atoms with Crippen LogP contribution in [0.3, 0.4) is 0 Å². The number of aliphatic hydroxyl groups excluding tert-OH is 1. The molecule has 220 valence electrons. The molecule has 0 saturated heterocycles. The Morgan fingerprint density at radius 1 is 0.977 bits per heavy atom. The number of thioether (sulfide) groups is 1. The molecule has 0 fully saturated rings. The minimum atomic E-state index is -1.23. The first-order valence-corrected chi connectivity index (χ1v) is 15.1. The number of esters is 1. The van der Waals surface area contributed by atoms with Gasteiger partial charge in [0.05, 0.1) is 12.5 Å². The molecule has 2 N–H and O–H groups in total. The predicted molar refractivity (Wildman–Crippen MR) is 170 cm³/mol. The Morgan fingerprint density at radius 3 is 2.28 bits per heavy atom. The summed E-state index contributed by atoms with van der Waals surface area (Å²) in [5.74, 6) is 0.0467. The van der Waals surface area contributed by atoms with E-state index >= 15 is 0 Å². The molecule has 0 spiro atoms. The van der Waals surface area contributed by atoms with E-state index in [1.165, 1.54) is 11.8 Å². The van der Waals surface area contributed by atoms with E-state index in [1.807, 2.05) is 84.9 Å². The lowest BCUT2D eigenvalue weighted by atomic mass is 9.80. The second-order valence-corrected chi connectivity index (χ2v) is 11.9. The molecule has 2 atom stereocenters. The quantitative estimate of drug-likeness (QED) is 0.190. The maximum atomic E-state index is 13.8. The van der Waals surface area contributed by atoms with Crippen molar-refractivity contribution in [1.29, 1.82) is 0 Å². The Balaban J connectivity index is 1.52. The third-order valence-corrected chi connectivity index (χ3v) is 8.83. The van der Waals surface area contributed by atoms with Crippen molar-refractivity contribution in [3.63, 3.8) is 0 Å².